The largest absolute Gasteiger partial charge is 0.332 e. The Kier molecular flexibility index (Phi) is 3.11. The number of nitrogens with one attached hydrogen (secondary N) is 1. The molecule has 2 aromatic heterocycles. The molecule has 94 valence electrons. The molecule has 0 aromatic carbocycles. The number of rotatable bonds is 3. The Morgan fingerprint density at radius 1 is 1.56 bits per heavy atom. The summed E-state index contributed by atoms with van der Waals surface area (Å²) in [4.78, 5) is 17.6. The van der Waals surface area contributed by atoms with Crippen molar-refractivity contribution >= 4 is 28.8 Å². The zero-order valence-corrected chi connectivity index (χ0v) is 10.3. The van der Waals surface area contributed by atoms with Crippen molar-refractivity contribution in [1.29, 1.82) is 0 Å². The third kappa shape index (κ3) is 2.38. The van der Waals surface area contributed by atoms with E-state index in [-0.39, 0.29) is 16.8 Å². The second-order valence-electron chi connectivity index (χ2n) is 3.56. The van der Waals surface area contributed by atoms with Gasteiger partial charge in [0.2, 0.25) is 11.1 Å². The minimum atomic E-state index is -0.579. The summed E-state index contributed by atoms with van der Waals surface area (Å²) < 4.78 is 1.59. The average molecular weight is 269 g/mol. The summed E-state index contributed by atoms with van der Waals surface area (Å²) in [6.07, 6.45) is 2.75. The molecule has 0 saturated heterocycles. The maximum absolute atomic E-state index is 10.8. The van der Waals surface area contributed by atoms with Crippen LogP contribution in [0.15, 0.2) is 12.4 Å². The maximum atomic E-state index is 10.8. The van der Waals surface area contributed by atoms with Gasteiger partial charge >= 0.3 is 5.69 Å². The summed E-state index contributed by atoms with van der Waals surface area (Å²) in [6, 6.07) is 0. The minimum Gasteiger partial charge on any atom is -0.332 e. The van der Waals surface area contributed by atoms with Crippen molar-refractivity contribution in [3.05, 3.63) is 33.5 Å². The van der Waals surface area contributed by atoms with Crippen LogP contribution in [0.3, 0.4) is 0 Å². The fourth-order valence-electron chi connectivity index (χ4n) is 1.43. The highest BCUT2D eigenvalue weighted by molar-refractivity contribution is 6.28. The van der Waals surface area contributed by atoms with E-state index < -0.39 is 4.92 Å². The average Bonchev–Trinajstić information content (AvgIpc) is 2.57. The Morgan fingerprint density at radius 2 is 2.28 bits per heavy atom. The van der Waals surface area contributed by atoms with Crippen LogP contribution in [-0.2, 0) is 7.05 Å². The summed E-state index contributed by atoms with van der Waals surface area (Å²) in [5.41, 5.74) is 1.07. The molecule has 0 saturated carbocycles. The Balaban J connectivity index is 2.42. The van der Waals surface area contributed by atoms with Gasteiger partial charge in [0.15, 0.2) is 0 Å². The number of nitro groups is 1. The van der Waals surface area contributed by atoms with E-state index in [2.05, 4.69) is 20.4 Å². The molecule has 2 aromatic rings. The molecule has 18 heavy (non-hydrogen) atoms. The first-order valence-electron chi connectivity index (χ1n) is 4.91. The van der Waals surface area contributed by atoms with Crippen molar-refractivity contribution in [1.82, 2.24) is 19.7 Å². The van der Waals surface area contributed by atoms with Gasteiger partial charge in [-0.3, -0.25) is 14.8 Å². The quantitative estimate of drug-likeness (QED) is 0.518. The smallest absolute Gasteiger partial charge is 0.329 e. The van der Waals surface area contributed by atoms with Crippen LogP contribution in [-0.4, -0.2) is 24.7 Å². The summed E-state index contributed by atoms with van der Waals surface area (Å²) in [5, 5.41) is 17.7. The van der Waals surface area contributed by atoms with Crippen LogP contribution in [0.25, 0.3) is 0 Å². The molecule has 0 aliphatic heterocycles. The van der Waals surface area contributed by atoms with Crippen molar-refractivity contribution in [3.8, 4) is 0 Å². The predicted octanol–water partition coefficient (Wildman–Crippen LogP) is 1.82. The molecule has 0 amide bonds. The Labute approximate surface area is 107 Å². The highest BCUT2D eigenvalue weighted by atomic mass is 35.5. The Hall–Kier alpha value is -2.22. The molecule has 2 heterocycles. The topological polar surface area (TPSA) is 98.8 Å². The summed E-state index contributed by atoms with van der Waals surface area (Å²) in [6.45, 7) is 1.77. The second kappa shape index (κ2) is 4.57. The molecule has 0 aliphatic rings. The van der Waals surface area contributed by atoms with Crippen molar-refractivity contribution in [2.75, 3.05) is 5.32 Å². The van der Waals surface area contributed by atoms with Gasteiger partial charge in [0.25, 0.3) is 0 Å². The number of halogens is 1. The van der Waals surface area contributed by atoms with Crippen LogP contribution < -0.4 is 5.32 Å². The van der Waals surface area contributed by atoms with Gasteiger partial charge in [-0.25, -0.2) is 4.98 Å². The van der Waals surface area contributed by atoms with Gasteiger partial charge in [-0.15, -0.1) is 0 Å². The zero-order chi connectivity index (χ0) is 13.3. The van der Waals surface area contributed by atoms with Gasteiger partial charge in [0, 0.05) is 13.2 Å². The number of anilines is 2. The molecule has 0 fully saturated rings. The molecule has 0 spiro atoms. The van der Waals surface area contributed by atoms with Crippen LogP contribution in [0.5, 0.6) is 0 Å². The van der Waals surface area contributed by atoms with Crippen LogP contribution >= 0.6 is 11.6 Å². The van der Waals surface area contributed by atoms with Gasteiger partial charge in [-0.1, -0.05) is 0 Å². The van der Waals surface area contributed by atoms with E-state index in [1.54, 1.807) is 24.9 Å². The van der Waals surface area contributed by atoms with Gasteiger partial charge in [0.1, 0.15) is 6.20 Å². The molecule has 8 nitrogen and oxygen atoms in total. The lowest BCUT2D eigenvalue weighted by molar-refractivity contribution is -0.384. The van der Waals surface area contributed by atoms with Crippen LogP contribution in [0.1, 0.15) is 5.69 Å². The SMILES string of the molecule is Cc1nn(C)cc1Nc1nc(Cl)ncc1[N+](=O)[O-]. The fourth-order valence-corrected chi connectivity index (χ4v) is 1.56. The third-order valence-electron chi connectivity index (χ3n) is 2.20. The summed E-state index contributed by atoms with van der Waals surface area (Å²) >= 11 is 5.63. The molecule has 0 bridgehead atoms. The molecular weight excluding hydrogens is 260 g/mol. The van der Waals surface area contributed by atoms with E-state index in [9.17, 15) is 10.1 Å². The van der Waals surface area contributed by atoms with Crippen LogP contribution in [0.2, 0.25) is 5.28 Å². The van der Waals surface area contributed by atoms with E-state index in [4.69, 9.17) is 11.6 Å². The molecule has 0 atom stereocenters. The lowest BCUT2D eigenvalue weighted by Gasteiger charge is -2.04. The monoisotopic (exact) mass is 268 g/mol. The zero-order valence-electron chi connectivity index (χ0n) is 9.59. The first kappa shape index (κ1) is 12.2. The lowest BCUT2D eigenvalue weighted by Crippen LogP contribution is -2.01. The molecule has 2 rings (SSSR count). The van der Waals surface area contributed by atoms with E-state index in [0.717, 1.165) is 6.20 Å². The van der Waals surface area contributed by atoms with Crippen molar-refractivity contribution < 1.29 is 4.92 Å². The standard InChI is InChI=1S/C9H9ClN6O2/c1-5-6(4-15(2)14-5)12-8-7(16(17)18)3-11-9(10)13-8/h3-4H,1-2H3,(H,11,12,13). The van der Waals surface area contributed by atoms with Gasteiger partial charge in [-0.05, 0) is 18.5 Å². The van der Waals surface area contributed by atoms with E-state index >= 15 is 0 Å². The number of hydrogen-bond donors (Lipinski definition) is 1. The van der Waals surface area contributed by atoms with Gasteiger partial charge in [0.05, 0.1) is 16.3 Å². The number of aromatic nitrogens is 4. The number of aryl methyl sites for hydroxylation is 2. The highest BCUT2D eigenvalue weighted by Crippen LogP contribution is 2.26. The Morgan fingerprint density at radius 3 is 2.83 bits per heavy atom. The third-order valence-corrected chi connectivity index (χ3v) is 2.39. The fraction of sp³-hybridized carbons (Fsp3) is 0.222. The number of nitrogens with zero attached hydrogens (tertiary/aromatic N) is 5. The van der Waals surface area contributed by atoms with Gasteiger partial charge in [-0.2, -0.15) is 10.1 Å². The van der Waals surface area contributed by atoms with Crippen molar-refractivity contribution in [3.63, 3.8) is 0 Å². The highest BCUT2D eigenvalue weighted by Gasteiger charge is 2.18. The Bertz CT molecular complexity index is 611. The molecular formula is C9H9ClN6O2. The summed E-state index contributed by atoms with van der Waals surface area (Å²) in [5.74, 6) is 0.0381. The lowest BCUT2D eigenvalue weighted by atomic mass is 10.4. The first-order valence-corrected chi connectivity index (χ1v) is 5.29. The molecule has 9 heteroatoms. The molecule has 1 N–H and O–H groups in total. The van der Waals surface area contributed by atoms with E-state index in [0.29, 0.717) is 11.4 Å². The minimum absolute atomic E-state index is 0.0381. The van der Waals surface area contributed by atoms with Crippen molar-refractivity contribution in [2.24, 2.45) is 7.05 Å². The van der Waals surface area contributed by atoms with Crippen molar-refractivity contribution in [2.45, 2.75) is 6.92 Å². The maximum Gasteiger partial charge on any atom is 0.329 e. The predicted molar refractivity (Wildman–Crippen MR) is 64.9 cm³/mol. The number of hydrogen-bond acceptors (Lipinski definition) is 6. The summed E-state index contributed by atoms with van der Waals surface area (Å²) in [7, 11) is 1.75. The van der Waals surface area contributed by atoms with E-state index in [1.165, 1.54) is 0 Å². The molecule has 0 unspecified atom stereocenters. The van der Waals surface area contributed by atoms with Crippen LogP contribution in [0.4, 0.5) is 17.2 Å². The normalized spacial score (nSPS) is 10.4. The molecule has 0 radical (unpaired) electrons. The van der Waals surface area contributed by atoms with Crippen LogP contribution in [0, 0.1) is 17.0 Å². The van der Waals surface area contributed by atoms with E-state index in [1.807, 2.05) is 0 Å². The first-order chi connectivity index (χ1) is 8.47. The molecule has 0 aliphatic carbocycles. The second-order valence-corrected chi connectivity index (χ2v) is 3.89. The van der Waals surface area contributed by atoms with Gasteiger partial charge < -0.3 is 5.32 Å².